The maximum absolute atomic E-state index is 12.7. The zero-order valence-electron chi connectivity index (χ0n) is 13.0. The monoisotopic (exact) mass is 350 g/mol. The molecule has 8 heteroatoms. The van der Waals surface area contributed by atoms with Crippen LogP contribution in [0.15, 0.2) is 23.1 Å². The fourth-order valence-electron chi connectivity index (χ4n) is 2.53. The van der Waals surface area contributed by atoms with Crippen molar-refractivity contribution in [1.29, 1.82) is 0 Å². The number of nitrogens with one attached hydrogen (secondary N) is 2. The number of hydrogen-bond acceptors (Lipinski definition) is 5. The Balaban J connectivity index is 0.00000242. The molecule has 0 aromatic heterocycles. The summed E-state index contributed by atoms with van der Waals surface area (Å²) in [6.45, 7) is 3.63. The van der Waals surface area contributed by atoms with Crippen molar-refractivity contribution in [2.45, 2.75) is 24.3 Å². The van der Waals surface area contributed by atoms with Crippen molar-refractivity contribution in [2.75, 3.05) is 27.3 Å². The summed E-state index contributed by atoms with van der Waals surface area (Å²) < 4.78 is 38.6. The lowest BCUT2D eigenvalue weighted by molar-refractivity contribution is 0.326. The molecule has 6 nitrogen and oxygen atoms in total. The normalized spacial score (nSPS) is 21.8. The molecule has 2 unspecified atom stereocenters. The highest BCUT2D eigenvalue weighted by molar-refractivity contribution is 7.89. The summed E-state index contributed by atoms with van der Waals surface area (Å²) in [6.07, 6.45) is 0.762. The van der Waals surface area contributed by atoms with E-state index in [0.717, 1.165) is 19.5 Å². The third-order valence-electron chi connectivity index (χ3n) is 3.74. The van der Waals surface area contributed by atoms with E-state index in [9.17, 15) is 8.42 Å². The van der Waals surface area contributed by atoms with Crippen LogP contribution in [-0.4, -0.2) is 41.8 Å². The molecule has 0 saturated carbocycles. The molecule has 1 saturated heterocycles. The Kier molecular flexibility index (Phi) is 6.93. The summed E-state index contributed by atoms with van der Waals surface area (Å²) in [7, 11) is -0.815. The molecule has 1 aliphatic rings. The molecular weight excluding hydrogens is 328 g/mol. The molecule has 0 radical (unpaired) electrons. The Morgan fingerprint density at radius 3 is 2.32 bits per heavy atom. The van der Waals surface area contributed by atoms with E-state index in [1.54, 1.807) is 18.2 Å². The molecule has 1 fully saturated rings. The molecule has 0 aliphatic carbocycles. The number of piperidine rings is 1. The number of halogens is 1. The number of rotatable bonds is 5. The summed E-state index contributed by atoms with van der Waals surface area (Å²) in [5.74, 6) is 0.793. The Labute approximate surface area is 138 Å². The van der Waals surface area contributed by atoms with Gasteiger partial charge in [0.25, 0.3) is 0 Å². The maximum Gasteiger partial charge on any atom is 0.248 e. The molecule has 2 rings (SSSR count). The van der Waals surface area contributed by atoms with Crippen LogP contribution in [0.25, 0.3) is 0 Å². The van der Waals surface area contributed by atoms with Gasteiger partial charge in [-0.15, -0.1) is 12.4 Å². The summed E-state index contributed by atoms with van der Waals surface area (Å²) in [5, 5.41) is 3.25. The van der Waals surface area contributed by atoms with Crippen LogP contribution in [-0.2, 0) is 10.0 Å². The van der Waals surface area contributed by atoms with Crippen molar-refractivity contribution in [3.63, 3.8) is 0 Å². The van der Waals surface area contributed by atoms with E-state index in [1.165, 1.54) is 14.2 Å². The first-order valence-electron chi connectivity index (χ1n) is 6.93. The van der Waals surface area contributed by atoms with Gasteiger partial charge in [0.05, 0.1) is 14.2 Å². The number of hydrogen-bond donors (Lipinski definition) is 2. The molecule has 1 aliphatic heterocycles. The second kappa shape index (κ2) is 8.01. The quantitative estimate of drug-likeness (QED) is 0.839. The topological polar surface area (TPSA) is 76.7 Å². The Bertz CT molecular complexity index is 572. The van der Waals surface area contributed by atoms with Crippen LogP contribution in [0.1, 0.15) is 13.3 Å². The Hall–Kier alpha value is -1.02. The van der Waals surface area contributed by atoms with Crippen molar-refractivity contribution in [1.82, 2.24) is 10.0 Å². The lowest BCUT2D eigenvalue weighted by atomic mass is 9.97. The fourth-order valence-corrected chi connectivity index (χ4v) is 4.23. The van der Waals surface area contributed by atoms with Crippen LogP contribution >= 0.6 is 12.4 Å². The van der Waals surface area contributed by atoms with Crippen LogP contribution in [0.4, 0.5) is 0 Å². The van der Waals surface area contributed by atoms with Crippen molar-refractivity contribution in [3.8, 4) is 11.5 Å². The highest BCUT2D eigenvalue weighted by Gasteiger charge is 2.30. The molecule has 1 aromatic carbocycles. The molecule has 2 N–H and O–H groups in total. The van der Waals surface area contributed by atoms with Crippen LogP contribution in [0.3, 0.4) is 0 Å². The third kappa shape index (κ3) is 4.04. The van der Waals surface area contributed by atoms with Crippen LogP contribution in [0.5, 0.6) is 11.5 Å². The number of benzene rings is 1. The Morgan fingerprint density at radius 1 is 1.23 bits per heavy atom. The summed E-state index contributed by atoms with van der Waals surface area (Å²) in [6, 6.07) is 4.83. The van der Waals surface area contributed by atoms with Gasteiger partial charge in [0, 0.05) is 6.04 Å². The largest absolute Gasteiger partial charge is 0.495 e. The van der Waals surface area contributed by atoms with E-state index in [4.69, 9.17) is 9.47 Å². The van der Waals surface area contributed by atoms with Crippen molar-refractivity contribution < 1.29 is 17.9 Å². The fraction of sp³-hybridized carbons (Fsp3) is 0.571. The summed E-state index contributed by atoms with van der Waals surface area (Å²) in [5.41, 5.74) is 0. The second-order valence-corrected chi connectivity index (χ2v) is 6.84. The molecule has 22 heavy (non-hydrogen) atoms. The average Bonchev–Trinajstić information content (AvgIpc) is 2.48. The minimum Gasteiger partial charge on any atom is -0.495 e. The predicted molar refractivity (Wildman–Crippen MR) is 87.6 cm³/mol. The van der Waals surface area contributed by atoms with Crippen molar-refractivity contribution >= 4 is 22.4 Å². The Morgan fingerprint density at radius 2 is 1.82 bits per heavy atom. The predicted octanol–water partition coefficient (Wildman–Crippen LogP) is 1.40. The summed E-state index contributed by atoms with van der Waals surface area (Å²) >= 11 is 0. The van der Waals surface area contributed by atoms with Crippen molar-refractivity contribution in [2.24, 2.45) is 5.92 Å². The summed E-state index contributed by atoms with van der Waals surface area (Å²) in [4.78, 5) is 0.0562. The molecule has 1 heterocycles. The molecule has 0 spiro atoms. The van der Waals surface area contributed by atoms with Gasteiger partial charge in [0.1, 0.15) is 11.5 Å². The smallest absolute Gasteiger partial charge is 0.248 e. The lowest BCUT2D eigenvalue weighted by Gasteiger charge is -2.30. The van der Waals surface area contributed by atoms with E-state index in [-0.39, 0.29) is 40.8 Å². The van der Waals surface area contributed by atoms with Gasteiger partial charge in [-0.1, -0.05) is 13.0 Å². The highest BCUT2D eigenvalue weighted by atomic mass is 35.5. The van der Waals surface area contributed by atoms with Crippen LogP contribution in [0.2, 0.25) is 0 Å². The third-order valence-corrected chi connectivity index (χ3v) is 5.30. The van der Waals surface area contributed by atoms with E-state index in [1.807, 2.05) is 6.92 Å². The number of methoxy groups -OCH3 is 2. The van der Waals surface area contributed by atoms with Crippen molar-refractivity contribution in [3.05, 3.63) is 18.2 Å². The SMILES string of the molecule is COc1cccc(OC)c1S(=O)(=O)NC1CCNCC1C.Cl. The zero-order chi connectivity index (χ0) is 15.5. The first kappa shape index (κ1) is 19.0. The number of ether oxygens (including phenoxy) is 2. The van der Waals surface area contributed by atoms with Gasteiger partial charge in [-0.2, -0.15) is 0 Å². The molecule has 126 valence electrons. The minimum atomic E-state index is -3.71. The van der Waals surface area contributed by atoms with Gasteiger partial charge in [0.2, 0.25) is 10.0 Å². The molecule has 0 bridgehead atoms. The first-order chi connectivity index (χ1) is 9.99. The highest BCUT2D eigenvalue weighted by Crippen LogP contribution is 2.33. The maximum atomic E-state index is 12.7. The lowest BCUT2D eigenvalue weighted by Crippen LogP contribution is -2.48. The molecule has 2 atom stereocenters. The number of sulfonamides is 1. The molecular formula is C14H23ClN2O4S. The van der Waals surface area contributed by atoms with E-state index in [2.05, 4.69) is 10.0 Å². The minimum absolute atomic E-state index is 0. The van der Waals surface area contributed by atoms with E-state index >= 15 is 0 Å². The molecule has 1 aromatic rings. The zero-order valence-corrected chi connectivity index (χ0v) is 14.6. The van der Waals surface area contributed by atoms with E-state index in [0.29, 0.717) is 0 Å². The standard InChI is InChI=1S/C14H22N2O4S.ClH/c1-10-9-15-8-7-11(10)16-21(17,18)14-12(19-2)5-4-6-13(14)20-3;/h4-6,10-11,15-16H,7-9H2,1-3H3;1H. The second-order valence-electron chi connectivity index (χ2n) is 5.19. The van der Waals surface area contributed by atoms with Gasteiger partial charge >= 0.3 is 0 Å². The van der Waals surface area contributed by atoms with Gasteiger partial charge in [-0.25, -0.2) is 13.1 Å². The first-order valence-corrected chi connectivity index (χ1v) is 8.42. The van der Waals surface area contributed by atoms with Crippen LogP contribution < -0.4 is 19.5 Å². The van der Waals surface area contributed by atoms with Gasteiger partial charge in [-0.05, 0) is 37.6 Å². The average molecular weight is 351 g/mol. The van der Waals surface area contributed by atoms with Gasteiger partial charge in [-0.3, -0.25) is 0 Å². The van der Waals surface area contributed by atoms with Gasteiger partial charge in [0.15, 0.2) is 4.90 Å². The van der Waals surface area contributed by atoms with Crippen LogP contribution in [0, 0.1) is 5.92 Å². The van der Waals surface area contributed by atoms with E-state index < -0.39 is 10.0 Å². The molecule has 0 amide bonds. The van der Waals surface area contributed by atoms with Gasteiger partial charge < -0.3 is 14.8 Å².